The third kappa shape index (κ3) is 6.08. The van der Waals surface area contributed by atoms with Gasteiger partial charge in [0.2, 0.25) is 0 Å². The lowest BCUT2D eigenvalue weighted by molar-refractivity contribution is 0.590. The Bertz CT molecular complexity index is 3570. The van der Waals surface area contributed by atoms with Crippen molar-refractivity contribution in [3.63, 3.8) is 0 Å². The van der Waals surface area contributed by atoms with Gasteiger partial charge in [-0.05, 0) is 132 Å². The fourth-order valence-electron chi connectivity index (χ4n) is 11.4. The van der Waals surface area contributed by atoms with Crippen LogP contribution in [0.3, 0.4) is 0 Å². The first kappa shape index (κ1) is 40.1. The quantitative estimate of drug-likeness (QED) is 0.166. The summed E-state index contributed by atoms with van der Waals surface area (Å²) in [6, 6.07) is 72.2. The zero-order valence-electron chi connectivity index (χ0n) is 38.8. The highest BCUT2D eigenvalue weighted by Crippen LogP contribution is 2.56. The number of furan rings is 1. The first-order valence-electron chi connectivity index (χ1n) is 23.4. The Morgan fingerprint density at radius 3 is 1.83 bits per heavy atom. The van der Waals surface area contributed by atoms with E-state index in [0.29, 0.717) is 0 Å². The van der Waals surface area contributed by atoms with Gasteiger partial charge < -0.3 is 9.32 Å². The molecular weight excluding hydrogens is 799 g/mol. The number of hydrogen-bond acceptors (Lipinski definition) is 2. The van der Waals surface area contributed by atoms with Crippen molar-refractivity contribution in [2.45, 2.75) is 64.7 Å². The SMILES string of the molecule is CC(C)(C)c1ccc(-c2ccc3c(c2)C(C)(C)c2ccc(-c4ccccc4N(c4cccc(-c5cccc6oc7ccccc7c56)c4)c4cccc5c4C(C)(C)c4ccccc4-5)cc2-3)cc1. The van der Waals surface area contributed by atoms with Crippen LogP contribution in [0.2, 0.25) is 0 Å². The molecule has 1 aromatic heterocycles. The number of nitrogens with zero attached hydrogens (tertiary/aromatic N) is 1. The standard InChI is InChI=1S/C64H53NO/c1-62(2,3)44-33-29-40(30-34-44)41-31-35-49-52-38-43(32-36-54(52)63(4,5)55(49)39-41)46-19-9-12-25-56(46)65(57-26-15-23-50-48-20-8-11-24-53(48)64(6,7)61(50)57)45-18-14-17-42(37-45)47-22-16-28-59-60(47)51-21-10-13-27-58(51)66-59/h8-39H,1-7H3. The second-order valence-corrected chi connectivity index (χ2v) is 20.5. The summed E-state index contributed by atoms with van der Waals surface area (Å²) in [5.74, 6) is 0. The fraction of sp³-hybridized carbons (Fsp3) is 0.156. The van der Waals surface area contributed by atoms with Crippen molar-refractivity contribution in [2.24, 2.45) is 0 Å². The van der Waals surface area contributed by atoms with Gasteiger partial charge in [-0.15, -0.1) is 0 Å². The van der Waals surface area contributed by atoms with Gasteiger partial charge in [0.05, 0.1) is 11.4 Å². The number of benzene rings is 9. The van der Waals surface area contributed by atoms with Gasteiger partial charge in [0, 0.05) is 32.9 Å². The van der Waals surface area contributed by atoms with Crippen molar-refractivity contribution in [3.8, 4) is 55.6 Å². The van der Waals surface area contributed by atoms with Gasteiger partial charge in [0.25, 0.3) is 0 Å². The molecule has 0 spiro atoms. The second-order valence-electron chi connectivity index (χ2n) is 20.5. The van der Waals surface area contributed by atoms with Crippen LogP contribution in [0.4, 0.5) is 17.1 Å². The highest BCUT2D eigenvalue weighted by molar-refractivity contribution is 6.12. The van der Waals surface area contributed by atoms with Crippen LogP contribution in [0.5, 0.6) is 0 Å². The van der Waals surface area contributed by atoms with Crippen LogP contribution in [0.25, 0.3) is 77.6 Å². The molecule has 0 radical (unpaired) electrons. The van der Waals surface area contributed by atoms with Crippen LogP contribution in [0.1, 0.15) is 76.3 Å². The summed E-state index contributed by atoms with van der Waals surface area (Å²) in [5, 5.41) is 2.27. The average Bonchev–Trinajstić information content (AvgIpc) is 3.91. The molecule has 0 amide bonds. The third-order valence-electron chi connectivity index (χ3n) is 14.8. The highest BCUT2D eigenvalue weighted by Gasteiger charge is 2.40. The number of fused-ring (bicyclic) bond motifs is 9. The van der Waals surface area contributed by atoms with Gasteiger partial charge >= 0.3 is 0 Å². The minimum Gasteiger partial charge on any atom is -0.456 e. The van der Waals surface area contributed by atoms with Crippen molar-refractivity contribution in [2.75, 3.05) is 4.90 Å². The summed E-state index contributed by atoms with van der Waals surface area (Å²) in [7, 11) is 0. The predicted octanol–water partition coefficient (Wildman–Crippen LogP) is 18.0. The summed E-state index contributed by atoms with van der Waals surface area (Å²) in [4.78, 5) is 2.53. The van der Waals surface area contributed by atoms with E-state index in [9.17, 15) is 0 Å². The largest absolute Gasteiger partial charge is 0.456 e. The predicted molar refractivity (Wildman–Crippen MR) is 279 cm³/mol. The molecular formula is C64H53NO. The Morgan fingerprint density at radius 2 is 1.00 bits per heavy atom. The van der Waals surface area contributed by atoms with Gasteiger partial charge in [-0.3, -0.25) is 0 Å². The minimum absolute atomic E-state index is 0.118. The Labute approximate surface area is 388 Å². The molecule has 0 bridgehead atoms. The number of anilines is 3. The number of hydrogen-bond donors (Lipinski definition) is 0. The summed E-state index contributed by atoms with van der Waals surface area (Å²) in [5.41, 5.74) is 24.2. The van der Waals surface area contributed by atoms with Crippen molar-refractivity contribution in [1.29, 1.82) is 0 Å². The first-order valence-corrected chi connectivity index (χ1v) is 23.4. The first-order chi connectivity index (χ1) is 31.9. The molecule has 0 saturated carbocycles. The molecule has 0 unspecified atom stereocenters. The molecule has 12 rings (SSSR count). The van der Waals surface area contributed by atoms with Crippen molar-refractivity contribution in [3.05, 3.63) is 222 Å². The van der Waals surface area contributed by atoms with Crippen LogP contribution >= 0.6 is 0 Å². The van der Waals surface area contributed by atoms with E-state index >= 15 is 0 Å². The molecule has 2 aliphatic rings. The maximum Gasteiger partial charge on any atom is 0.136 e. The fourth-order valence-corrected chi connectivity index (χ4v) is 11.4. The van der Waals surface area contributed by atoms with E-state index in [2.05, 4.69) is 241 Å². The topological polar surface area (TPSA) is 16.4 Å². The van der Waals surface area contributed by atoms with Gasteiger partial charge in [-0.1, -0.05) is 194 Å². The molecule has 10 aromatic rings. The lowest BCUT2D eigenvalue weighted by Crippen LogP contribution is -2.21. The normalized spacial score (nSPS) is 14.2. The van der Waals surface area contributed by atoms with Crippen LogP contribution in [0.15, 0.2) is 199 Å². The summed E-state index contributed by atoms with van der Waals surface area (Å²) < 4.78 is 6.40. The zero-order chi connectivity index (χ0) is 45.1. The van der Waals surface area contributed by atoms with Crippen molar-refractivity contribution >= 4 is 39.0 Å². The van der Waals surface area contributed by atoms with Gasteiger partial charge in [0.15, 0.2) is 0 Å². The summed E-state index contributed by atoms with van der Waals surface area (Å²) in [6.45, 7) is 16.4. The molecule has 320 valence electrons. The molecule has 0 saturated heterocycles. The molecule has 1 heterocycles. The van der Waals surface area contributed by atoms with Crippen LogP contribution < -0.4 is 4.90 Å². The maximum absolute atomic E-state index is 6.40. The van der Waals surface area contributed by atoms with E-state index in [0.717, 1.165) is 44.4 Å². The Balaban J connectivity index is 1.03. The molecule has 0 aliphatic heterocycles. The molecule has 0 fully saturated rings. The molecule has 2 nitrogen and oxygen atoms in total. The molecule has 9 aromatic carbocycles. The highest BCUT2D eigenvalue weighted by atomic mass is 16.3. The van der Waals surface area contributed by atoms with Gasteiger partial charge in [-0.25, -0.2) is 0 Å². The van der Waals surface area contributed by atoms with E-state index in [1.54, 1.807) is 0 Å². The van der Waals surface area contributed by atoms with Crippen molar-refractivity contribution < 1.29 is 4.42 Å². The molecule has 0 N–H and O–H groups in total. The number of rotatable bonds is 6. The van der Waals surface area contributed by atoms with E-state index in [1.807, 2.05) is 6.07 Å². The Morgan fingerprint density at radius 1 is 0.394 bits per heavy atom. The van der Waals surface area contributed by atoms with Crippen LogP contribution in [-0.4, -0.2) is 0 Å². The Hall–Kier alpha value is -7.42. The lowest BCUT2D eigenvalue weighted by atomic mass is 9.81. The maximum atomic E-state index is 6.40. The zero-order valence-corrected chi connectivity index (χ0v) is 38.8. The molecule has 2 aliphatic carbocycles. The molecule has 66 heavy (non-hydrogen) atoms. The minimum atomic E-state index is -0.231. The van der Waals surface area contributed by atoms with Crippen molar-refractivity contribution in [1.82, 2.24) is 0 Å². The van der Waals surface area contributed by atoms with Gasteiger partial charge in [-0.2, -0.15) is 0 Å². The average molecular weight is 852 g/mol. The Kier molecular flexibility index (Phi) is 8.84. The number of para-hydroxylation sites is 2. The van der Waals surface area contributed by atoms with E-state index in [4.69, 9.17) is 4.42 Å². The molecule has 2 heteroatoms. The summed E-state index contributed by atoms with van der Waals surface area (Å²) in [6.07, 6.45) is 0. The third-order valence-corrected chi connectivity index (χ3v) is 14.8. The lowest BCUT2D eigenvalue weighted by Gasteiger charge is -2.33. The smallest absolute Gasteiger partial charge is 0.136 e. The van der Waals surface area contributed by atoms with Gasteiger partial charge in [0.1, 0.15) is 11.2 Å². The summed E-state index contributed by atoms with van der Waals surface area (Å²) >= 11 is 0. The van der Waals surface area contributed by atoms with E-state index in [-0.39, 0.29) is 16.2 Å². The molecule has 0 atom stereocenters. The van der Waals surface area contributed by atoms with E-state index < -0.39 is 0 Å². The monoisotopic (exact) mass is 851 g/mol. The van der Waals surface area contributed by atoms with Crippen LogP contribution in [0, 0.1) is 0 Å². The second kappa shape index (κ2) is 14.5. The van der Waals surface area contributed by atoms with E-state index in [1.165, 1.54) is 78.0 Å². The van der Waals surface area contributed by atoms with Crippen LogP contribution in [-0.2, 0) is 16.2 Å².